The van der Waals surface area contributed by atoms with E-state index in [-0.39, 0.29) is 37.0 Å². The maximum absolute atomic E-state index is 13.9. The smallest absolute Gasteiger partial charge is 0.331 e. The third-order valence-electron chi connectivity index (χ3n) is 12.2. The van der Waals surface area contributed by atoms with Gasteiger partial charge < -0.3 is 50.3 Å². The molecule has 0 aliphatic rings. The van der Waals surface area contributed by atoms with Crippen LogP contribution in [0.4, 0.5) is 0 Å². The molecule has 0 unspecified atom stereocenters. The average molecular weight is 991 g/mol. The molecule has 398 valence electrons. The van der Waals surface area contributed by atoms with Crippen molar-refractivity contribution < 1.29 is 79.1 Å². The van der Waals surface area contributed by atoms with Crippen molar-refractivity contribution in [1.82, 2.24) is 0 Å². The summed E-state index contributed by atoms with van der Waals surface area (Å²) in [6.07, 6.45) is 14.1. The Balaban J connectivity index is 6.17. The maximum atomic E-state index is 13.9. The number of aliphatic hydroxyl groups is 4. The Morgan fingerprint density at radius 2 is 0.757 bits per heavy atom. The van der Waals surface area contributed by atoms with E-state index in [1.807, 2.05) is 45.9 Å². The average Bonchev–Trinajstić information content (AvgIpc) is 3.21. The Labute approximate surface area is 415 Å². The molecule has 0 amide bonds. The molecule has 0 aliphatic heterocycles. The second-order valence-electron chi connectivity index (χ2n) is 19.7. The summed E-state index contributed by atoms with van der Waals surface area (Å²) in [5.41, 5.74) is 4.81. The third kappa shape index (κ3) is 30.0. The molecule has 0 fully saturated rings. The second kappa shape index (κ2) is 36.1. The molecular formula is C54H86O16. The lowest BCUT2D eigenvalue weighted by molar-refractivity contribution is -0.172. The standard InChI is InChI=1S/C54H86O16/c1-34(16-10-13-19-46(58)43(31-55)52(64)65)24-39(6)27-42(9)30-51(63)69-48(21-15-12-18-36(3)23-38(5)26-41(8)29-50(61)62)45(33-57)54(68)70-47(44(32-56)53(66)67)20-14-11-17-35(2)22-37(4)25-40(7)28-49(59)60/h25-30,34-36,43-48,55-58H,10-24,31-33H2,1-9H3,(H,59,60)(H,61,62)(H,64,65)(H,66,67)/b37-25+,38-26+,39-27+,40-28+,41-29+,42-30+/t34-,35-,36+,43-,44+,45-,46+,47+,48+/m1/s1. The molecule has 8 N–H and O–H groups in total. The van der Waals surface area contributed by atoms with E-state index in [2.05, 4.69) is 13.8 Å². The lowest BCUT2D eigenvalue weighted by Gasteiger charge is -2.28. The minimum atomic E-state index is -1.45. The molecule has 0 bridgehead atoms. The number of aliphatic carboxylic acids is 4. The van der Waals surface area contributed by atoms with E-state index in [0.29, 0.717) is 68.1 Å². The van der Waals surface area contributed by atoms with Crippen LogP contribution < -0.4 is 0 Å². The molecule has 0 saturated heterocycles. The molecule has 0 rings (SSSR count). The Kier molecular flexibility index (Phi) is 33.6. The predicted octanol–water partition coefficient (Wildman–Crippen LogP) is 8.77. The van der Waals surface area contributed by atoms with Gasteiger partial charge in [0.1, 0.15) is 30.0 Å². The van der Waals surface area contributed by atoms with Gasteiger partial charge in [-0.3, -0.25) is 14.4 Å². The Bertz CT molecular complexity index is 1840. The topological polar surface area (TPSA) is 283 Å². The largest absolute Gasteiger partial charge is 0.481 e. The number of carbonyl (C=O) groups is 6. The van der Waals surface area contributed by atoms with Crippen molar-refractivity contribution in [3.8, 4) is 0 Å². The minimum absolute atomic E-state index is 0.110. The summed E-state index contributed by atoms with van der Waals surface area (Å²) < 4.78 is 11.7. The summed E-state index contributed by atoms with van der Waals surface area (Å²) in [5.74, 6) is -9.74. The fourth-order valence-corrected chi connectivity index (χ4v) is 8.89. The van der Waals surface area contributed by atoms with Crippen LogP contribution in [0.2, 0.25) is 0 Å². The van der Waals surface area contributed by atoms with Gasteiger partial charge in [0.2, 0.25) is 0 Å². The van der Waals surface area contributed by atoms with Crippen LogP contribution in [0, 0.1) is 35.5 Å². The number of aliphatic hydroxyl groups excluding tert-OH is 4. The van der Waals surface area contributed by atoms with Crippen LogP contribution in [0.15, 0.2) is 69.9 Å². The first-order valence-corrected chi connectivity index (χ1v) is 24.7. The monoisotopic (exact) mass is 991 g/mol. The van der Waals surface area contributed by atoms with Gasteiger partial charge in [-0.1, -0.05) is 101 Å². The van der Waals surface area contributed by atoms with E-state index in [9.17, 15) is 54.3 Å². The molecular weight excluding hydrogens is 905 g/mol. The molecule has 16 heteroatoms. The van der Waals surface area contributed by atoms with Crippen LogP contribution in [0.25, 0.3) is 0 Å². The van der Waals surface area contributed by atoms with Gasteiger partial charge in [0.15, 0.2) is 0 Å². The number of hydrogen-bond donors (Lipinski definition) is 8. The summed E-state index contributed by atoms with van der Waals surface area (Å²) in [7, 11) is 0. The highest BCUT2D eigenvalue weighted by molar-refractivity contribution is 5.84. The number of unbranched alkanes of at least 4 members (excludes halogenated alkanes) is 3. The number of esters is 2. The van der Waals surface area contributed by atoms with E-state index in [1.54, 1.807) is 20.8 Å². The van der Waals surface area contributed by atoms with Crippen LogP contribution >= 0.6 is 0 Å². The van der Waals surface area contributed by atoms with Crippen LogP contribution in [0.3, 0.4) is 0 Å². The number of ether oxygens (including phenoxy) is 2. The van der Waals surface area contributed by atoms with Crippen molar-refractivity contribution in [2.75, 3.05) is 19.8 Å². The van der Waals surface area contributed by atoms with Crippen LogP contribution in [-0.2, 0) is 38.2 Å². The number of hydrogen-bond acceptors (Lipinski definition) is 12. The predicted molar refractivity (Wildman–Crippen MR) is 267 cm³/mol. The summed E-state index contributed by atoms with van der Waals surface area (Å²) in [5, 5.41) is 77.3. The first-order chi connectivity index (χ1) is 32.8. The quantitative estimate of drug-likeness (QED) is 0.0124. The molecule has 0 heterocycles. The van der Waals surface area contributed by atoms with Crippen LogP contribution in [0.5, 0.6) is 0 Å². The fraction of sp³-hybridized carbons (Fsp3) is 0.667. The van der Waals surface area contributed by atoms with E-state index < -0.39 is 91.7 Å². The van der Waals surface area contributed by atoms with Gasteiger partial charge in [-0.05, 0) is 127 Å². The first-order valence-electron chi connectivity index (χ1n) is 24.7. The Morgan fingerprint density at radius 1 is 0.429 bits per heavy atom. The van der Waals surface area contributed by atoms with Crippen LogP contribution in [0.1, 0.15) is 159 Å². The Hall–Kier alpha value is -4.90. The zero-order valence-corrected chi connectivity index (χ0v) is 43.2. The molecule has 0 aromatic rings. The number of rotatable bonds is 38. The van der Waals surface area contributed by atoms with Gasteiger partial charge in [-0.25, -0.2) is 14.4 Å². The second-order valence-corrected chi connectivity index (χ2v) is 19.7. The van der Waals surface area contributed by atoms with Crippen molar-refractivity contribution in [1.29, 1.82) is 0 Å². The normalized spacial score (nSPS) is 17.1. The van der Waals surface area contributed by atoms with Crippen molar-refractivity contribution in [2.45, 2.75) is 177 Å². The molecule has 0 aromatic heterocycles. The van der Waals surface area contributed by atoms with Crippen molar-refractivity contribution in [3.05, 3.63) is 69.9 Å². The number of carboxylic acids is 4. The zero-order chi connectivity index (χ0) is 53.5. The van der Waals surface area contributed by atoms with Gasteiger partial charge >= 0.3 is 35.8 Å². The van der Waals surface area contributed by atoms with E-state index >= 15 is 0 Å². The van der Waals surface area contributed by atoms with Gasteiger partial charge in [-0.2, -0.15) is 0 Å². The molecule has 0 spiro atoms. The zero-order valence-electron chi connectivity index (χ0n) is 43.2. The van der Waals surface area contributed by atoms with Crippen LogP contribution in [-0.4, -0.2) is 115 Å². The van der Waals surface area contributed by atoms with Crippen molar-refractivity contribution >= 4 is 35.8 Å². The van der Waals surface area contributed by atoms with E-state index in [0.717, 1.165) is 54.6 Å². The first kappa shape index (κ1) is 65.1. The molecule has 0 saturated carbocycles. The van der Waals surface area contributed by atoms with E-state index in [1.165, 1.54) is 6.08 Å². The number of carbonyl (C=O) groups excluding carboxylic acids is 2. The molecule has 9 atom stereocenters. The summed E-state index contributed by atoms with van der Waals surface area (Å²) in [4.78, 5) is 72.9. The maximum Gasteiger partial charge on any atom is 0.331 e. The lowest BCUT2D eigenvalue weighted by Crippen LogP contribution is -2.41. The molecule has 0 aliphatic carbocycles. The molecule has 70 heavy (non-hydrogen) atoms. The highest BCUT2D eigenvalue weighted by atomic mass is 16.6. The fourth-order valence-electron chi connectivity index (χ4n) is 8.89. The molecule has 0 radical (unpaired) electrons. The lowest BCUT2D eigenvalue weighted by atomic mass is 9.92. The van der Waals surface area contributed by atoms with Gasteiger partial charge in [-0.15, -0.1) is 0 Å². The highest BCUT2D eigenvalue weighted by Crippen LogP contribution is 2.27. The summed E-state index contributed by atoms with van der Waals surface area (Å²) >= 11 is 0. The summed E-state index contributed by atoms with van der Waals surface area (Å²) in [6.45, 7) is 14.9. The minimum Gasteiger partial charge on any atom is -0.481 e. The third-order valence-corrected chi connectivity index (χ3v) is 12.2. The van der Waals surface area contributed by atoms with Gasteiger partial charge in [0, 0.05) is 18.2 Å². The summed E-state index contributed by atoms with van der Waals surface area (Å²) in [6, 6.07) is 0. The molecule has 16 nitrogen and oxygen atoms in total. The van der Waals surface area contributed by atoms with Crippen molar-refractivity contribution in [3.63, 3.8) is 0 Å². The number of carboxylic acid groups (broad SMARTS) is 4. The van der Waals surface area contributed by atoms with E-state index in [4.69, 9.17) is 24.8 Å². The SMILES string of the molecule is CC(=C\C(=O)O)/C=C(\C)C[C@H](C)CCCC[C@H](OC(=O)[C@H](CO)[C@H](CCCC[C@H](C)C/C(C)=C/C(C)=C/C(=O)O)OC(=O)/C=C(C)/C=C(\C)C[C@H](C)CCCC[C@H](O)[C@@H](CO)C(=O)O)[C@H](CO)C(=O)O. The van der Waals surface area contributed by atoms with Gasteiger partial charge in [0.25, 0.3) is 0 Å². The molecule has 0 aromatic carbocycles. The highest BCUT2D eigenvalue weighted by Gasteiger charge is 2.37. The Morgan fingerprint density at radius 3 is 1.10 bits per heavy atom. The van der Waals surface area contributed by atoms with Gasteiger partial charge in [0.05, 0.1) is 25.9 Å². The number of allylic oxidation sites excluding steroid dienone is 9. The van der Waals surface area contributed by atoms with Crippen molar-refractivity contribution in [2.24, 2.45) is 35.5 Å².